The van der Waals surface area contributed by atoms with E-state index in [9.17, 15) is 27.5 Å². The third kappa shape index (κ3) is 4.46. The van der Waals surface area contributed by atoms with Crippen molar-refractivity contribution in [2.75, 3.05) is 11.9 Å². The van der Waals surface area contributed by atoms with Crippen LogP contribution >= 0.6 is 23.2 Å². The minimum Gasteiger partial charge on any atom is -0.477 e. The van der Waals surface area contributed by atoms with Gasteiger partial charge in [-0.1, -0.05) is 23.2 Å². The highest BCUT2D eigenvalue weighted by atomic mass is 35.5. The first kappa shape index (κ1) is 20.9. The lowest BCUT2D eigenvalue weighted by molar-refractivity contribution is -0.154. The van der Waals surface area contributed by atoms with Gasteiger partial charge >= 0.3 is 12.1 Å². The Labute approximate surface area is 169 Å². The minimum atomic E-state index is -4.68. The largest absolute Gasteiger partial charge is 0.477 e. The summed E-state index contributed by atoms with van der Waals surface area (Å²) in [6, 6.07) is 3.06. The first-order valence-corrected chi connectivity index (χ1v) is 8.43. The van der Waals surface area contributed by atoms with Crippen molar-refractivity contribution in [1.82, 2.24) is 14.5 Å². The normalized spacial score (nSPS) is 11.7. The van der Waals surface area contributed by atoms with Crippen molar-refractivity contribution >= 4 is 52.0 Å². The summed E-state index contributed by atoms with van der Waals surface area (Å²) >= 11 is 11.9. The van der Waals surface area contributed by atoms with Crippen molar-refractivity contribution < 1.29 is 32.2 Å². The van der Waals surface area contributed by atoms with Crippen molar-refractivity contribution in [3.05, 3.63) is 39.6 Å². The summed E-state index contributed by atoms with van der Waals surface area (Å²) in [7, 11) is 1.46. The number of pyridine rings is 1. The highest BCUT2D eigenvalue weighted by Gasteiger charge is 2.30. The van der Waals surface area contributed by atoms with Crippen LogP contribution in [0.3, 0.4) is 0 Å². The fraction of sp³-hybridized carbons (Fsp3) is 0.188. The molecule has 1 aromatic carbocycles. The Hall–Kier alpha value is -2.79. The number of benzene rings is 1. The number of carboxylic acid groups (broad SMARTS) is 1. The van der Waals surface area contributed by atoms with E-state index in [4.69, 9.17) is 23.2 Å². The van der Waals surface area contributed by atoms with E-state index in [1.165, 1.54) is 11.6 Å². The van der Waals surface area contributed by atoms with Crippen molar-refractivity contribution in [2.45, 2.75) is 6.18 Å². The molecule has 0 fully saturated rings. The molecule has 154 valence electrons. The summed E-state index contributed by atoms with van der Waals surface area (Å²) in [4.78, 5) is 19.4. The number of hydrogen-bond donors (Lipinski definition) is 2. The van der Waals surface area contributed by atoms with Crippen LogP contribution in [0, 0.1) is 5.82 Å². The second kappa shape index (κ2) is 7.56. The topological polar surface area (TPSA) is 89.3 Å². The molecule has 2 heterocycles. The van der Waals surface area contributed by atoms with Crippen LogP contribution in [0.4, 0.5) is 29.2 Å². The van der Waals surface area contributed by atoms with E-state index >= 15 is 0 Å². The first-order chi connectivity index (χ1) is 13.5. The molecule has 3 rings (SSSR count). The predicted molar refractivity (Wildman–Crippen MR) is 96.7 cm³/mol. The number of aromatic carboxylic acids is 1. The lowest BCUT2D eigenvalue weighted by Gasteiger charge is -2.11. The maximum absolute atomic E-state index is 13.3. The lowest BCUT2D eigenvalue weighted by atomic mass is 10.2. The van der Waals surface area contributed by atoms with Gasteiger partial charge in [0.05, 0.1) is 15.7 Å². The summed E-state index contributed by atoms with van der Waals surface area (Å²) in [5.74, 6) is -2.84. The average Bonchev–Trinajstić information content (AvgIpc) is 2.90. The second-order valence-electron chi connectivity index (χ2n) is 5.76. The van der Waals surface area contributed by atoms with Crippen LogP contribution < -0.4 is 10.1 Å². The Morgan fingerprint density at radius 1 is 1.24 bits per heavy atom. The molecule has 13 heteroatoms. The molecule has 0 amide bonds. The van der Waals surface area contributed by atoms with Gasteiger partial charge in [-0.3, -0.25) is 4.57 Å². The number of halogens is 6. The summed E-state index contributed by atoms with van der Waals surface area (Å²) in [6.45, 7) is -1.71. The van der Waals surface area contributed by atoms with Gasteiger partial charge in [0.15, 0.2) is 12.3 Å². The average molecular weight is 453 g/mol. The van der Waals surface area contributed by atoms with E-state index < -0.39 is 36.0 Å². The molecule has 0 bridgehead atoms. The lowest BCUT2D eigenvalue weighted by Crippen LogP contribution is -2.21. The van der Waals surface area contributed by atoms with Crippen molar-refractivity contribution in [3.8, 4) is 5.88 Å². The molecule has 3 aromatic rings. The Balaban J connectivity index is 2.06. The van der Waals surface area contributed by atoms with Crippen molar-refractivity contribution in [1.29, 1.82) is 0 Å². The van der Waals surface area contributed by atoms with Crippen LogP contribution in [-0.2, 0) is 7.05 Å². The van der Waals surface area contributed by atoms with E-state index in [0.717, 1.165) is 18.2 Å². The quantitative estimate of drug-likeness (QED) is 0.540. The number of nitrogens with zero attached hydrogens (tertiary/aromatic N) is 3. The van der Waals surface area contributed by atoms with Crippen LogP contribution in [-0.4, -0.2) is 38.4 Å². The Morgan fingerprint density at radius 2 is 1.86 bits per heavy atom. The molecule has 0 atom stereocenters. The number of rotatable bonds is 5. The molecule has 0 aliphatic heterocycles. The molecule has 0 saturated carbocycles. The molecule has 29 heavy (non-hydrogen) atoms. The van der Waals surface area contributed by atoms with E-state index in [1.54, 1.807) is 0 Å². The first-order valence-electron chi connectivity index (χ1n) is 7.68. The zero-order valence-electron chi connectivity index (χ0n) is 14.3. The predicted octanol–water partition coefficient (Wildman–Crippen LogP) is 4.80. The molecule has 0 radical (unpaired) electrons. The maximum Gasteiger partial charge on any atom is 0.422 e. The number of aromatic nitrogens is 3. The number of carbonyl (C=O) groups is 1. The van der Waals surface area contributed by atoms with Gasteiger partial charge in [0, 0.05) is 7.05 Å². The molecular weight excluding hydrogens is 443 g/mol. The third-order valence-corrected chi connectivity index (χ3v) is 4.25. The van der Waals surface area contributed by atoms with Crippen LogP contribution in [0.1, 0.15) is 10.4 Å². The molecule has 0 unspecified atom stereocenters. The zero-order valence-corrected chi connectivity index (χ0v) is 15.8. The highest BCUT2D eigenvalue weighted by molar-refractivity contribution is 6.39. The number of alkyl halides is 3. The number of anilines is 2. The third-order valence-electron chi connectivity index (χ3n) is 3.66. The molecule has 0 spiro atoms. The van der Waals surface area contributed by atoms with Crippen LogP contribution in [0.25, 0.3) is 11.2 Å². The Kier molecular flexibility index (Phi) is 5.46. The van der Waals surface area contributed by atoms with Gasteiger partial charge in [-0.25, -0.2) is 14.2 Å². The summed E-state index contributed by atoms with van der Waals surface area (Å²) in [5.41, 5.74) is -0.380. The fourth-order valence-electron chi connectivity index (χ4n) is 2.39. The Morgan fingerprint density at radius 3 is 2.41 bits per heavy atom. The number of imidazole rings is 1. The van der Waals surface area contributed by atoms with Crippen molar-refractivity contribution in [2.24, 2.45) is 7.05 Å². The molecule has 2 N–H and O–H groups in total. The van der Waals surface area contributed by atoms with E-state index in [0.29, 0.717) is 0 Å². The van der Waals surface area contributed by atoms with Crippen LogP contribution in [0.5, 0.6) is 5.88 Å². The fourth-order valence-corrected chi connectivity index (χ4v) is 2.95. The molecule has 0 aliphatic carbocycles. The van der Waals surface area contributed by atoms with Gasteiger partial charge in [0.1, 0.15) is 16.9 Å². The van der Waals surface area contributed by atoms with Gasteiger partial charge in [-0.2, -0.15) is 18.2 Å². The monoisotopic (exact) mass is 452 g/mol. The molecular formula is C16H10Cl2F4N4O3. The standard InChI is InChI=1S/C16H10Cl2F4N4O3/c1-26-12-10(4-7(14(27)28)13(25-12)29-5-16(20,21)22)23-15(26)24-11-8(17)2-6(19)3-9(11)18/h2-4H,5H2,1H3,(H,23,24)(H,27,28). The summed E-state index contributed by atoms with van der Waals surface area (Å²) in [6.07, 6.45) is -4.68. The summed E-state index contributed by atoms with van der Waals surface area (Å²) in [5, 5.41) is 11.9. The van der Waals surface area contributed by atoms with Gasteiger partial charge in [-0.05, 0) is 18.2 Å². The number of hydrogen-bond acceptors (Lipinski definition) is 5. The number of aryl methyl sites for hydroxylation is 1. The van der Waals surface area contributed by atoms with Crippen molar-refractivity contribution in [3.63, 3.8) is 0 Å². The molecule has 0 aliphatic rings. The van der Waals surface area contributed by atoms with E-state index in [1.807, 2.05) is 0 Å². The van der Waals surface area contributed by atoms with Gasteiger partial charge in [0.2, 0.25) is 11.8 Å². The number of ether oxygens (including phenoxy) is 1. The zero-order chi connectivity index (χ0) is 21.5. The number of carboxylic acids is 1. The van der Waals surface area contributed by atoms with Crippen LogP contribution in [0.15, 0.2) is 18.2 Å². The second-order valence-corrected chi connectivity index (χ2v) is 6.57. The molecule has 0 saturated heterocycles. The van der Waals surface area contributed by atoms with Gasteiger partial charge in [-0.15, -0.1) is 0 Å². The Bertz CT molecular complexity index is 1090. The van der Waals surface area contributed by atoms with E-state index in [-0.39, 0.29) is 32.8 Å². The molecule has 7 nitrogen and oxygen atoms in total. The highest BCUT2D eigenvalue weighted by Crippen LogP contribution is 2.34. The molecule has 2 aromatic heterocycles. The van der Waals surface area contributed by atoms with E-state index in [2.05, 4.69) is 20.0 Å². The van der Waals surface area contributed by atoms with Gasteiger partial charge < -0.3 is 15.2 Å². The smallest absolute Gasteiger partial charge is 0.422 e. The maximum atomic E-state index is 13.3. The summed E-state index contributed by atoms with van der Waals surface area (Å²) < 4.78 is 56.5. The van der Waals surface area contributed by atoms with Crippen LogP contribution in [0.2, 0.25) is 10.0 Å². The number of fused-ring (bicyclic) bond motifs is 1. The SMILES string of the molecule is Cn1c(Nc2c(Cl)cc(F)cc2Cl)nc2cc(C(=O)O)c(OCC(F)(F)F)nc21. The number of nitrogens with one attached hydrogen (secondary N) is 1. The van der Waals surface area contributed by atoms with Gasteiger partial charge in [0.25, 0.3) is 0 Å². The minimum absolute atomic E-state index is 0.0315.